The summed E-state index contributed by atoms with van der Waals surface area (Å²) in [6.07, 6.45) is 2.75. The molecule has 152 valence electrons. The van der Waals surface area contributed by atoms with Crippen LogP contribution in [0, 0.1) is 17.7 Å². The minimum Gasteiger partial charge on any atom is -0.385 e. The molecule has 1 aromatic heterocycles. The van der Waals surface area contributed by atoms with Gasteiger partial charge >= 0.3 is 5.92 Å². The highest BCUT2D eigenvalue weighted by atomic mass is 35.5. The molecule has 1 aliphatic rings. The van der Waals surface area contributed by atoms with E-state index in [0.717, 1.165) is 13.0 Å². The second-order valence-electron chi connectivity index (χ2n) is 7.22. The van der Waals surface area contributed by atoms with Gasteiger partial charge in [0.05, 0.1) is 17.4 Å². The molecule has 1 atom stereocenters. The quantitative estimate of drug-likeness (QED) is 0.711. The van der Waals surface area contributed by atoms with Crippen molar-refractivity contribution in [2.24, 2.45) is 10.7 Å². The summed E-state index contributed by atoms with van der Waals surface area (Å²) in [6.45, 7) is 3.29. The lowest BCUT2D eigenvalue weighted by Gasteiger charge is -2.41. The molecule has 0 spiro atoms. The zero-order valence-electron chi connectivity index (χ0n) is 15.9. The molecule has 1 unspecified atom stereocenters. The van der Waals surface area contributed by atoms with E-state index >= 15 is 8.78 Å². The number of alkyl halides is 2. The molecule has 0 bridgehead atoms. The van der Waals surface area contributed by atoms with E-state index in [0.29, 0.717) is 5.02 Å². The van der Waals surface area contributed by atoms with Gasteiger partial charge in [0.15, 0.2) is 5.54 Å². The Kier molecular flexibility index (Phi) is 5.32. The Balaban J connectivity index is 2.11. The van der Waals surface area contributed by atoms with Crippen LogP contribution in [0.5, 0.6) is 0 Å². The minimum atomic E-state index is -3.58. The molecule has 5 nitrogen and oxygen atoms in total. The molecule has 1 aromatic carbocycles. The summed E-state index contributed by atoms with van der Waals surface area (Å²) in [7, 11) is 0. The first kappa shape index (κ1) is 21.1. The van der Waals surface area contributed by atoms with Gasteiger partial charge in [0, 0.05) is 11.1 Å². The summed E-state index contributed by atoms with van der Waals surface area (Å²) in [6, 6.07) is 3.66. The zero-order valence-corrected chi connectivity index (χ0v) is 16.7. The second kappa shape index (κ2) is 7.32. The Bertz CT molecular complexity index is 1030. The Morgan fingerprint density at radius 3 is 2.45 bits per heavy atom. The van der Waals surface area contributed by atoms with Crippen LogP contribution < -0.4 is 5.73 Å². The molecule has 0 radical (unpaired) electrons. The zero-order chi connectivity index (χ0) is 21.4. The fraction of sp³-hybridized carbons (Fsp3) is 0.350. The van der Waals surface area contributed by atoms with Crippen LogP contribution in [-0.4, -0.2) is 33.9 Å². The average molecular weight is 423 g/mol. The molecule has 3 rings (SSSR count). The van der Waals surface area contributed by atoms with Crippen LogP contribution in [0.25, 0.3) is 0 Å². The van der Waals surface area contributed by atoms with Gasteiger partial charge in [-0.2, -0.15) is 0 Å². The largest absolute Gasteiger partial charge is 0.385 e. The van der Waals surface area contributed by atoms with E-state index in [1.165, 1.54) is 38.4 Å². The number of rotatable bonds is 1. The van der Waals surface area contributed by atoms with Gasteiger partial charge in [0.2, 0.25) is 5.82 Å². The van der Waals surface area contributed by atoms with Crippen molar-refractivity contribution < 1.29 is 17.9 Å². The minimum absolute atomic E-state index is 0.150. The lowest BCUT2D eigenvalue weighted by molar-refractivity contribution is -0.214. The third-order valence-electron chi connectivity index (χ3n) is 4.75. The molecule has 0 aliphatic carbocycles. The molecule has 9 heteroatoms. The van der Waals surface area contributed by atoms with E-state index in [9.17, 15) is 4.39 Å². The summed E-state index contributed by atoms with van der Waals surface area (Å²) in [4.78, 5) is 11.8. The van der Waals surface area contributed by atoms with E-state index in [2.05, 4.69) is 26.8 Å². The number of halogens is 4. The van der Waals surface area contributed by atoms with Crippen molar-refractivity contribution in [3.8, 4) is 11.8 Å². The third kappa shape index (κ3) is 3.80. The molecular weight excluding hydrogens is 405 g/mol. The summed E-state index contributed by atoms with van der Waals surface area (Å²) in [5.74, 6) is 1.03. The lowest BCUT2D eigenvalue weighted by Crippen LogP contribution is -2.56. The van der Waals surface area contributed by atoms with Gasteiger partial charge in [-0.05, 0) is 44.9 Å². The fourth-order valence-electron chi connectivity index (χ4n) is 3.03. The van der Waals surface area contributed by atoms with E-state index in [1.54, 1.807) is 0 Å². The molecule has 29 heavy (non-hydrogen) atoms. The van der Waals surface area contributed by atoms with Crippen molar-refractivity contribution in [1.82, 2.24) is 9.97 Å². The highest BCUT2D eigenvalue weighted by Crippen LogP contribution is 2.50. The van der Waals surface area contributed by atoms with Crippen LogP contribution in [-0.2, 0) is 10.3 Å². The topological polar surface area (TPSA) is 73.4 Å². The van der Waals surface area contributed by atoms with Crippen LogP contribution in [0.3, 0.4) is 0 Å². The van der Waals surface area contributed by atoms with Gasteiger partial charge in [-0.15, -0.1) is 0 Å². The maximum Gasteiger partial charge on any atom is 0.304 e. The van der Waals surface area contributed by atoms with Crippen molar-refractivity contribution in [3.63, 3.8) is 0 Å². The lowest BCUT2D eigenvalue weighted by atomic mass is 9.77. The SMILES string of the molecule is CC1(C)OCC(N)=NC(C)(c2cc(C#Cc3ncc(Cl)cn3)ccc2F)C1(F)F. The number of aliphatic imine (C=N–C) groups is 1. The molecule has 0 saturated heterocycles. The number of nitrogens with zero attached hydrogens (tertiary/aromatic N) is 3. The number of hydrogen-bond donors (Lipinski definition) is 1. The normalized spacial score (nSPS) is 22.8. The van der Waals surface area contributed by atoms with Crippen LogP contribution in [0.15, 0.2) is 35.6 Å². The molecule has 2 aromatic rings. The molecule has 0 fully saturated rings. The van der Waals surface area contributed by atoms with Crippen molar-refractivity contribution in [1.29, 1.82) is 0 Å². The fourth-order valence-corrected chi connectivity index (χ4v) is 3.13. The van der Waals surface area contributed by atoms with Crippen molar-refractivity contribution in [2.45, 2.75) is 37.8 Å². The second-order valence-corrected chi connectivity index (χ2v) is 7.65. The molecule has 1 aliphatic heterocycles. The number of benzene rings is 1. The van der Waals surface area contributed by atoms with E-state index in [-0.39, 0.29) is 29.4 Å². The predicted octanol–water partition coefficient (Wildman–Crippen LogP) is 3.69. The number of hydrogen-bond acceptors (Lipinski definition) is 5. The Morgan fingerprint density at radius 1 is 1.14 bits per heavy atom. The first-order valence-electron chi connectivity index (χ1n) is 8.62. The summed E-state index contributed by atoms with van der Waals surface area (Å²) < 4.78 is 50.8. The number of amidine groups is 1. The number of ether oxygens (including phenoxy) is 1. The van der Waals surface area contributed by atoms with Crippen molar-refractivity contribution in [2.75, 3.05) is 6.61 Å². The standard InChI is InChI=1S/C20H18ClF3N4O/c1-18(2)20(23,24)19(3,28-16(25)11-29-18)14-8-12(4-6-15(14)22)5-7-17-26-9-13(21)10-27-17/h4,6,8-10H,11H2,1-3H3,(H2,25,28). The van der Waals surface area contributed by atoms with Crippen LogP contribution in [0.2, 0.25) is 5.02 Å². The highest BCUT2D eigenvalue weighted by molar-refractivity contribution is 6.30. The number of nitrogens with two attached hydrogens (primary N) is 1. The highest BCUT2D eigenvalue weighted by Gasteiger charge is 2.63. The smallest absolute Gasteiger partial charge is 0.304 e. The van der Waals surface area contributed by atoms with E-state index in [4.69, 9.17) is 22.1 Å². The summed E-state index contributed by atoms with van der Waals surface area (Å²) in [5.41, 5.74) is 1.46. The summed E-state index contributed by atoms with van der Waals surface area (Å²) in [5, 5.41) is 0.350. The van der Waals surface area contributed by atoms with Crippen LogP contribution in [0.4, 0.5) is 13.2 Å². The summed E-state index contributed by atoms with van der Waals surface area (Å²) >= 11 is 5.72. The van der Waals surface area contributed by atoms with Gasteiger partial charge < -0.3 is 10.5 Å². The first-order chi connectivity index (χ1) is 13.5. The van der Waals surface area contributed by atoms with Crippen molar-refractivity contribution in [3.05, 3.63) is 58.4 Å². The third-order valence-corrected chi connectivity index (χ3v) is 4.94. The maximum atomic E-state index is 15.4. The molecular formula is C20H18ClF3N4O. The maximum absolute atomic E-state index is 15.4. The Labute approximate surface area is 171 Å². The van der Waals surface area contributed by atoms with Gasteiger partial charge in [0.25, 0.3) is 0 Å². The molecule has 2 N–H and O–H groups in total. The van der Waals surface area contributed by atoms with Crippen LogP contribution >= 0.6 is 11.6 Å². The van der Waals surface area contributed by atoms with Crippen LogP contribution in [0.1, 0.15) is 37.7 Å². The Morgan fingerprint density at radius 2 is 1.79 bits per heavy atom. The van der Waals surface area contributed by atoms with Gasteiger partial charge in [-0.1, -0.05) is 17.5 Å². The molecule has 0 saturated carbocycles. The van der Waals surface area contributed by atoms with Gasteiger partial charge in [0.1, 0.15) is 23.9 Å². The molecule has 2 heterocycles. The van der Waals surface area contributed by atoms with E-state index < -0.39 is 22.9 Å². The number of aromatic nitrogens is 2. The monoisotopic (exact) mass is 422 g/mol. The van der Waals surface area contributed by atoms with E-state index in [1.807, 2.05) is 0 Å². The predicted molar refractivity (Wildman–Crippen MR) is 103 cm³/mol. The van der Waals surface area contributed by atoms with Gasteiger partial charge in [-0.3, -0.25) is 4.99 Å². The first-order valence-corrected chi connectivity index (χ1v) is 9.00. The Hall–Kier alpha value is -2.63. The average Bonchev–Trinajstić information content (AvgIpc) is 2.71. The van der Waals surface area contributed by atoms with Gasteiger partial charge in [-0.25, -0.2) is 23.1 Å². The molecule has 0 amide bonds. The van der Waals surface area contributed by atoms with Crippen molar-refractivity contribution >= 4 is 17.4 Å².